The summed E-state index contributed by atoms with van der Waals surface area (Å²) in [6.45, 7) is 2.39. The molecule has 0 amide bonds. The van der Waals surface area contributed by atoms with E-state index in [4.69, 9.17) is 0 Å². The first kappa shape index (κ1) is 10.5. The Morgan fingerprint density at radius 1 is 1.36 bits per heavy atom. The Bertz CT molecular complexity index is 299. The fourth-order valence-electron chi connectivity index (χ4n) is 1.42. The van der Waals surface area contributed by atoms with Crippen molar-refractivity contribution in [3.8, 4) is 0 Å². The lowest BCUT2D eigenvalue weighted by Gasteiger charge is -2.26. The Labute approximate surface area is 97.8 Å². The third-order valence-electron chi connectivity index (χ3n) is 2.43. The Morgan fingerprint density at radius 2 is 2.14 bits per heavy atom. The maximum absolute atomic E-state index is 3.57. The van der Waals surface area contributed by atoms with E-state index < -0.39 is 0 Å². The standard InChI is InChI=1S/C11H14BrNS/c12-11-4-2-1-3-9(11)5-6-14-10-7-13-8-10/h1-4,10,13H,5-8H2. The normalized spacial score (nSPS) is 16.6. The van der Waals surface area contributed by atoms with E-state index in [-0.39, 0.29) is 0 Å². The Morgan fingerprint density at radius 3 is 2.79 bits per heavy atom. The Kier molecular flexibility index (Phi) is 3.90. The van der Waals surface area contributed by atoms with Gasteiger partial charge >= 0.3 is 0 Å². The number of thioether (sulfide) groups is 1. The molecular formula is C11H14BrNS. The van der Waals surface area contributed by atoms with Gasteiger partial charge in [-0.15, -0.1) is 0 Å². The van der Waals surface area contributed by atoms with Crippen LogP contribution in [0.5, 0.6) is 0 Å². The lowest BCUT2D eigenvalue weighted by Crippen LogP contribution is -2.44. The third-order valence-corrected chi connectivity index (χ3v) is 4.44. The molecule has 1 fully saturated rings. The SMILES string of the molecule is Brc1ccccc1CCSC1CNC1. The average molecular weight is 272 g/mol. The van der Waals surface area contributed by atoms with Gasteiger partial charge in [0.2, 0.25) is 0 Å². The van der Waals surface area contributed by atoms with E-state index >= 15 is 0 Å². The minimum Gasteiger partial charge on any atom is -0.314 e. The van der Waals surface area contributed by atoms with Crippen LogP contribution >= 0.6 is 27.7 Å². The van der Waals surface area contributed by atoms with E-state index in [1.807, 2.05) is 0 Å². The molecule has 1 N–H and O–H groups in total. The monoisotopic (exact) mass is 271 g/mol. The van der Waals surface area contributed by atoms with E-state index in [9.17, 15) is 0 Å². The molecule has 1 aromatic rings. The molecule has 0 atom stereocenters. The Balaban J connectivity index is 1.76. The van der Waals surface area contributed by atoms with Gasteiger partial charge in [-0.1, -0.05) is 34.1 Å². The largest absolute Gasteiger partial charge is 0.314 e. The highest BCUT2D eigenvalue weighted by atomic mass is 79.9. The highest BCUT2D eigenvalue weighted by Gasteiger charge is 2.16. The van der Waals surface area contributed by atoms with Crippen LogP contribution in [0.25, 0.3) is 0 Å². The second kappa shape index (κ2) is 5.19. The summed E-state index contributed by atoms with van der Waals surface area (Å²) in [6, 6.07) is 8.49. The van der Waals surface area contributed by atoms with Crippen molar-refractivity contribution in [3.05, 3.63) is 34.3 Å². The smallest absolute Gasteiger partial charge is 0.0297 e. The van der Waals surface area contributed by atoms with Crippen molar-refractivity contribution in [3.63, 3.8) is 0 Å². The summed E-state index contributed by atoms with van der Waals surface area (Å²) in [5.41, 5.74) is 1.42. The molecule has 0 unspecified atom stereocenters. The zero-order valence-corrected chi connectivity index (χ0v) is 10.4. The molecule has 3 heteroatoms. The highest BCUT2D eigenvalue weighted by Crippen LogP contribution is 2.20. The van der Waals surface area contributed by atoms with Crippen LogP contribution in [0.1, 0.15) is 5.56 Å². The average Bonchev–Trinajstić information content (AvgIpc) is 2.12. The van der Waals surface area contributed by atoms with Gasteiger partial charge in [-0.25, -0.2) is 0 Å². The van der Waals surface area contributed by atoms with Crippen LogP contribution in [-0.2, 0) is 6.42 Å². The number of hydrogen-bond acceptors (Lipinski definition) is 2. The van der Waals surface area contributed by atoms with Crippen LogP contribution in [0.2, 0.25) is 0 Å². The number of halogens is 1. The summed E-state index contributed by atoms with van der Waals surface area (Å²) >= 11 is 5.66. The Hall–Kier alpha value is 0.01000. The van der Waals surface area contributed by atoms with Crippen LogP contribution in [-0.4, -0.2) is 24.1 Å². The van der Waals surface area contributed by atoms with Gasteiger partial charge in [-0.2, -0.15) is 11.8 Å². The van der Waals surface area contributed by atoms with Crippen molar-refractivity contribution in [2.24, 2.45) is 0 Å². The molecule has 0 aromatic heterocycles. The minimum atomic E-state index is 0.859. The van der Waals surface area contributed by atoms with Crippen LogP contribution in [0, 0.1) is 0 Å². The second-order valence-electron chi connectivity index (χ2n) is 3.49. The summed E-state index contributed by atoms with van der Waals surface area (Å²) in [5, 5.41) is 4.15. The molecule has 1 aromatic carbocycles. The third kappa shape index (κ3) is 2.75. The molecule has 0 radical (unpaired) electrons. The van der Waals surface area contributed by atoms with E-state index in [0.717, 1.165) is 5.25 Å². The molecule has 1 heterocycles. The van der Waals surface area contributed by atoms with E-state index in [1.54, 1.807) is 0 Å². The predicted octanol–water partition coefficient (Wildman–Crippen LogP) is 2.70. The number of benzene rings is 1. The molecule has 1 nitrogen and oxygen atoms in total. The number of nitrogens with one attached hydrogen (secondary N) is 1. The second-order valence-corrected chi connectivity index (χ2v) is 5.76. The quantitative estimate of drug-likeness (QED) is 0.904. The van der Waals surface area contributed by atoms with E-state index in [0.29, 0.717) is 0 Å². The molecule has 0 bridgehead atoms. The summed E-state index contributed by atoms with van der Waals surface area (Å²) < 4.78 is 1.24. The van der Waals surface area contributed by atoms with Gasteiger partial charge < -0.3 is 5.32 Å². The summed E-state index contributed by atoms with van der Waals surface area (Å²) in [7, 11) is 0. The molecule has 1 saturated heterocycles. The van der Waals surface area contributed by atoms with Crippen molar-refractivity contribution < 1.29 is 0 Å². The topological polar surface area (TPSA) is 12.0 Å². The van der Waals surface area contributed by atoms with Crippen LogP contribution in [0.4, 0.5) is 0 Å². The molecule has 2 rings (SSSR count). The number of rotatable bonds is 4. The van der Waals surface area contributed by atoms with Gasteiger partial charge in [0.25, 0.3) is 0 Å². The van der Waals surface area contributed by atoms with Gasteiger partial charge in [-0.3, -0.25) is 0 Å². The zero-order valence-electron chi connectivity index (χ0n) is 8.00. The van der Waals surface area contributed by atoms with Crippen molar-refractivity contribution >= 4 is 27.7 Å². The van der Waals surface area contributed by atoms with Crippen LogP contribution in [0.15, 0.2) is 28.7 Å². The summed E-state index contributed by atoms with van der Waals surface area (Å²) in [6.07, 6.45) is 1.17. The first-order chi connectivity index (χ1) is 6.86. The van der Waals surface area contributed by atoms with Gasteiger partial charge in [0.1, 0.15) is 0 Å². The number of hydrogen-bond donors (Lipinski definition) is 1. The summed E-state index contributed by atoms with van der Waals surface area (Å²) in [4.78, 5) is 0. The maximum Gasteiger partial charge on any atom is 0.0297 e. The fraction of sp³-hybridized carbons (Fsp3) is 0.455. The summed E-state index contributed by atoms with van der Waals surface area (Å²) in [5.74, 6) is 1.23. The van der Waals surface area contributed by atoms with Crippen molar-refractivity contribution in [2.75, 3.05) is 18.8 Å². The van der Waals surface area contributed by atoms with E-state index in [1.165, 1.54) is 35.3 Å². The lowest BCUT2D eigenvalue weighted by molar-refractivity contribution is 0.543. The lowest BCUT2D eigenvalue weighted by atomic mass is 10.2. The van der Waals surface area contributed by atoms with Gasteiger partial charge in [0.15, 0.2) is 0 Å². The van der Waals surface area contributed by atoms with Gasteiger partial charge in [0, 0.05) is 22.8 Å². The minimum absolute atomic E-state index is 0.859. The molecule has 0 saturated carbocycles. The van der Waals surface area contributed by atoms with Crippen LogP contribution < -0.4 is 5.32 Å². The van der Waals surface area contributed by atoms with Gasteiger partial charge in [0.05, 0.1) is 0 Å². The van der Waals surface area contributed by atoms with Crippen LogP contribution in [0.3, 0.4) is 0 Å². The first-order valence-electron chi connectivity index (χ1n) is 4.92. The molecule has 1 aliphatic heterocycles. The maximum atomic E-state index is 3.57. The molecule has 1 aliphatic rings. The van der Waals surface area contributed by atoms with Gasteiger partial charge in [-0.05, 0) is 23.8 Å². The highest BCUT2D eigenvalue weighted by molar-refractivity contribution is 9.10. The van der Waals surface area contributed by atoms with Crippen molar-refractivity contribution in [1.82, 2.24) is 5.32 Å². The van der Waals surface area contributed by atoms with Crippen molar-refractivity contribution in [1.29, 1.82) is 0 Å². The zero-order chi connectivity index (χ0) is 9.80. The molecule has 0 spiro atoms. The predicted molar refractivity (Wildman–Crippen MR) is 67.0 cm³/mol. The number of aryl methyl sites for hydroxylation is 1. The van der Waals surface area contributed by atoms with Crippen molar-refractivity contribution in [2.45, 2.75) is 11.7 Å². The molecule has 76 valence electrons. The molecular weight excluding hydrogens is 258 g/mol. The fourth-order valence-corrected chi connectivity index (χ4v) is 3.04. The molecule has 0 aliphatic carbocycles. The molecule has 14 heavy (non-hydrogen) atoms. The van der Waals surface area contributed by atoms with E-state index in [2.05, 4.69) is 57.3 Å². The first-order valence-corrected chi connectivity index (χ1v) is 6.76.